The minimum atomic E-state index is -0.194. The molecule has 0 N–H and O–H groups in total. The predicted molar refractivity (Wildman–Crippen MR) is 84.6 cm³/mol. The Kier molecular flexibility index (Phi) is 4.25. The van der Waals surface area contributed by atoms with Crippen molar-refractivity contribution in [2.75, 3.05) is 36.0 Å². The summed E-state index contributed by atoms with van der Waals surface area (Å²) in [7, 11) is 0. The Labute approximate surface area is 129 Å². The maximum absolute atomic E-state index is 13.0. The highest BCUT2D eigenvalue weighted by Crippen LogP contribution is 2.24. The summed E-state index contributed by atoms with van der Waals surface area (Å²) in [6.07, 6.45) is 3.63. The molecule has 1 aliphatic heterocycles. The number of benzene rings is 1. The number of anilines is 2. The minimum Gasteiger partial charge on any atom is -0.368 e. The first-order valence-corrected chi connectivity index (χ1v) is 7.55. The first-order chi connectivity index (χ1) is 10.3. The second kappa shape index (κ2) is 6.31. The largest absolute Gasteiger partial charge is 0.368 e. The lowest BCUT2D eigenvalue weighted by Gasteiger charge is -2.38. The highest BCUT2D eigenvalue weighted by molar-refractivity contribution is 6.17. The average Bonchev–Trinajstić information content (AvgIpc) is 2.56. The summed E-state index contributed by atoms with van der Waals surface area (Å²) in [5.74, 6) is 0.280. The third kappa shape index (κ3) is 3.10. The van der Waals surface area contributed by atoms with Crippen molar-refractivity contribution in [1.82, 2.24) is 4.98 Å². The van der Waals surface area contributed by atoms with Gasteiger partial charge in [-0.15, -0.1) is 11.6 Å². The zero-order chi connectivity index (χ0) is 14.7. The average molecular weight is 306 g/mol. The van der Waals surface area contributed by atoms with E-state index in [0.29, 0.717) is 5.88 Å². The highest BCUT2D eigenvalue weighted by atomic mass is 35.5. The molecule has 2 aromatic rings. The number of hydrogen-bond acceptors (Lipinski definition) is 3. The van der Waals surface area contributed by atoms with E-state index in [2.05, 4.69) is 14.8 Å². The molecule has 0 aliphatic carbocycles. The van der Waals surface area contributed by atoms with E-state index in [4.69, 9.17) is 11.6 Å². The van der Waals surface area contributed by atoms with Gasteiger partial charge in [0.05, 0.1) is 5.88 Å². The number of rotatable bonds is 3. The van der Waals surface area contributed by atoms with Crippen LogP contribution in [0.15, 0.2) is 42.7 Å². The van der Waals surface area contributed by atoms with E-state index in [1.807, 2.05) is 24.4 Å². The number of hydrogen-bond donors (Lipinski definition) is 0. The van der Waals surface area contributed by atoms with Gasteiger partial charge >= 0.3 is 0 Å². The van der Waals surface area contributed by atoms with Crippen molar-refractivity contribution in [2.24, 2.45) is 0 Å². The van der Waals surface area contributed by atoms with E-state index < -0.39 is 0 Å². The SMILES string of the molecule is Fc1ccc(N2CCN(c3ccncc3CCl)CC2)cc1. The standard InChI is InChI=1S/C16H17ClFN3/c17-11-13-12-19-6-5-16(13)21-9-7-20(8-10-21)15-3-1-14(18)2-4-15/h1-6,12H,7-11H2. The summed E-state index contributed by atoms with van der Waals surface area (Å²) < 4.78 is 13.0. The molecular formula is C16H17ClFN3. The van der Waals surface area contributed by atoms with Gasteiger partial charge in [0.1, 0.15) is 5.82 Å². The van der Waals surface area contributed by atoms with E-state index in [1.165, 1.54) is 17.8 Å². The molecule has 1 aliphatic rings. The summed E-state index contributed by atoms with van der Waals surface area (Å²) in [5, 5.41) is 0. The van der Waals surface area contributed by atoms with Crippen molar-refractivity contribution >= 4 is 23.0 Å². The fourth-order valence-corrected chi connectivity index (χ4v) is 2.89. The quantitative estimate of drug-likeness (QED) is 0.811. The molecule has 110 valence electrons. The molecule has 3 nitrogen and oxygen atoms in total. The molecule has 0 saturated carbocycles. The van der Waals surface area contributed by atoms with Crippen LogP contribution in [-0.2, 0) is 5.88 Å². The maximum atomic E-state index is 13.0. The summed E-state index contributed by atoms with van der Waals surface area (Å²) in [6, 6.07) is 8.71. The molecule has 3 rings (SSSR count). The Morgan fingerprint density at radius 1 is 1.00 bits per heavy atom. The van der Waals surface area contributed by atoms with Crippen LogP contribution in [0.5, 0.6) is 0 Å². The smallest absolute Gasteiger partial charge is 0.123 e. The molecule has 1 aromatic carbocycles. The lowest BCUT2D eigenvalue weighted by atomic mass is 10.2. The van der Waals surface area contributed by atoms with Crippen molar-refractivity contribution in [3.8, 4) is 0 Å². The second-order valence-corrected chi connectivity index (χ2v) is 5.36. The summed E-state index contributed by atoms with van der Waals surface area (Å²) in [5.41, 5.74) is 3.30. The Morgan fingerprint density at radius 3 is 2.33 bits per heavy atom. The molecule has 0 unspecified atom stereocenters. The Bertz CT molecular complexity index is 595. The minimum absolute atomic E-state index is 0.194. The zero-order valence-electron chi connectivity index (χ0n) is 11.7. The fourth-order valence-electron chi connectivity index (χ4n) is 2.69. The summed E-state index contributed by atoms with van der Waals surface area (Å²) >= 11 is 5.98. The van der Waals surface area contributed by atoms with Crippen molar-refractivity contribution in [3.63, 3.8) is 0 Å². The first kappa shape index (κ1) is 14.1. The summed E-state index contributed by atoms with van der Waals surface area (Å²) in [4.78, 5) is 8.73. The molecule has 1 aromatic heterocycles. The van der Waals surface area contributed by atoms with E-state index in [1.54, 1.807) is 6.20 Å². The number of piperazine rings is 1. The van der Waals surface area contributed by atoms with Crippen LogP contribution in [-0.4, -0.2) is 31.2 Å². The van der Waals surface area contributed by atoms with Gasteiger partial charge in [-0.25, -0.2) is 4.39 Å². The van der Waals surface area contributed by atoms with Gasteiger partial charge < -0.3 is 9.80 Å². The molecule has 21 heavy (non-hydrogen) atoms. The van der Waals surface area contributed by atoms with Gasteiger partial charge in [-0.2, -0.15) is 0 Å². The number of halogens is 2. The van der Waals surface area contributed by atoms with Crippen LogP contribution in [0.3, 0.4) is 0 Å². The van der Waals surface area contributed by atoms with E-state index in [9.17, 15) is 4.39 Å². The van der Waals surface area contributed by atoms with Crippen molar-refractivity contribution < 1.29 is 4.39 Å². The van der Waals surface area contributed by atoms with Crippen LogP contribution in [0.1, 0.15) is 5.56 Å². The number of aromatic nitrogens is 1. The van der Waals surface area contributed by atoms with E-state index >= 15 is 0 Å². The zero-order valence-corrected chi connectivity index (χ0v) is 12.4. The molecular weight excluding hydrogens is 289 g/mol. The van der Waals surface area contributed by atoms with Crippen molar-refractivity contribution in [1.29, 1.82) is 0 Å². The molecule has 0 spiro atoms. The topological polar surface area (TPSA) is 19.4 Å². The van der Waals surface area contributed by atoms with Crippen LogP contribution in [0, 0.1) is 5.82 Å². The molecule has 0 atom stereocenters. The normalized spacial score (nSPS) is 15.3. The molecule has 2 heterocycles. The number of nitrogens with zero attached hydrogens (tertiary/aromatic N) is 3. The lowest BCUT2D eigenvalue weighted by molar-refractivity contribution is 0.624. The molecule has 1 saturated heterocycles. The van der Waals surface area contributed by atoms with Gasteiger partial charge in [0.2, 0.25) is 0 Å². The molecule has 0 amide bonds. The van der Waals surface area contributed by atoms with Crippen LogP contribution >= 0.6 is 11.6 Å². The van der Waals surface area contributed by atoms with Gasteiger partial charge in [0, 0.05) is 55.5 Å². The fraction of sp³-hybridized carbons (Fsp3) is 0.312. The van der Waals surface area contributed by atoms with E-state index in [-0.39, 0.29) is 5.82 Å². The molecule has 0 radical (unpaired) electrons. The van der Waals surface area contributed by atoms with Crippen molar-refractivity contribution in [3.05, 3.63) is 54.1 Å². The Balaban J connectivity index is 1.69. The van der Waals surface area contributed by atoms with Gasteiger partial charge in [-0.05, 0) is 30.3 Å². The lowest BCUT2D eigenvalue weighted by Crippen LogP contribution is -2.46. The van der Waals surface area contributed by atoms with Gasteiger partial charge in [0.15, 0.2) is 0 Å². The Hall–Kier alpha value is -1.81. The third-order valence-electron chi connectivity index (χ3n) is 3.83. The molecule has 0 bridgehead atoms. The van der Waals surface area contributed by atoms with Gasteiger partial charge in [-0.1, -0.05) is 0 Å². The third-order valence-corrected chi connectivity index (χ3v) is 4.12. The van der Waals surface area contributed by atoms with Crippen LogP contribution in [0.2, 0.25) is 0 Å². The molecule has 1 fully saturated rings. The van der Waals surface area contributed by atoms with Crippen molar-refractivity contribution in [2.45, 2.75) is 5.88 Å². The van der Waals surface area contributed by atoms with Crippen LogP contribution < -0.4 is 9.80 Å². The van der Waals surface area contributed by atoms with Crippen LogP contribution in [0.4, 0.5) is 15.8 Å². The number of alkyl halides is 1. The second-order valence-electron chi connectivity index (χ2n) is 5.09. The Morgan fingerprint density at radius 2 is 1.67 bits per heavy atom. The van der Waals surface area contributed by atoms with E-state index in [0.717, 1.165) is 37.4 Å². The summed E-state index contributed by atoms with van der Waals surface area (Å²) in [6.45, 7) is 3.67. The highest BCUT2D eigenvalue weighted by Gasteiger charge is 2.19. The maximum Gasteiger partial charge on any atom is 0.123 e. The van der Waals surface area contributed by atoms with Crippen LogP contribution in [0.25, 0.3) is 0 Å². The molecule has 5 heteroatoms. The van der Waals surface area contributed by atoms with Gasteiger partial charge in [-0.3, -0.25) is 4.98 Å². The monoisotopic (exact) mass is 305 g/mol. The predicted octanol–water partition coefficient (Wildman–Crippen LogP) is 3.29. The number of pyridine rings is 1. The first-order valence-electron chi connectivity index (χ1n) is 7.02. The van der Waals surface area contributed by atoms with Gasteiger partial charge in [0.25, 0.3) is 0 Å².